The van der Waals surface area contributed by atoms with Crippen LogP contribution < -0.4 is 5.32 Å². The largest absolute Gasteiger partial charge is 0.469 e. The van der Waals surface area contributed by atoms with Gasteiger partial charge in [0.2, 0.25) is 0 Å². The summed E-state index contributed by atoms with van der Waals surface area (Å²) < 4.78 is 30.7. The Labute approximate surface area is 102 Å². The topological polar surface area (TPSA) is 42.2 Å². The van der Waals surface area contributed by atoms with Gasteiger partial charge in [0.15, 0.2) is 11.6 Å². The molecule has 2 aromatic rings. The molecule has 1 heterocycles. The van der Waals surface area contributed by atoms with Crippen LogP contribution in [0.1, 0.15) is 16.1 Å². The number of benzene rings is 1. The lowest BCUT2D eigenvalue weighted by molar-refractivity contribution is 0.0953. The fraction of sp³-hybridized carbons (Fsp3) is 0.154. The Hall–Kier alpha value is -2.17. The average Bonchev–Trinajstić information content (AvgIpc) is 2.85. The molecule has 0 spiro atoms. The quantitative estimate of drug-likeness (QED) is 0.907. The highest BCUT2D eigenvalue weighted by atomic mass is 19.2. The third-order valence-electron chi connectivity index (χ3n) is 2.42. The fourth-order valence-corrected chi connectivity index (χ4v) is 1.49. The monoisotopic (exact) mass is 251 g/mol. The lowest BCUT2D eigenvalue weighted by atomic mass is 10.2. The maximum Gasteiger partial charge on any atom is 0.251 e. The van der Waals surface area contributed by atoms with Gasteiger partial charge in [0, 0.05) is 18.5 Å². The van der Waals surface area contributed by atoms with E-state index in [2.05, 4.69) is 5.32 Å². The summed E-state index contributed by atoms with van der Waals surface area (Å²) in [7, 11) is 0. The molecule has 5 heteroatoms. The molecule has 1 aromatic carbocycles. The van der Waals surface area contributed by atoms with Crippen LogP contribution in [0.3, 0.4) is 0 Å². The van der Waals surface area contributed by atoms with Gasteiger partial charge in [-0.2, -0.15) is 0 Å². The molecule has 0 bridgehead atoms. The summed E-state index contributed by atoms with van der Waals surface area (Å²) in [6, 6.07) is 6.59. The van der Waals surface area contributed by atoms with Crippen LogP contribution in [0.15, 0.2) is 41.0 Å². The van der Waals surface area contributed by atoms with Gasteiger partial charge in [-0.3, -0.25) is 4.79 Å². The van der Waals surface area contributed by atoms with Gasteiger partial charge in [0.25, 0.3) is 5.91 Å². The Morgan fingerprint density at radius 1 is 1.22 bits per heavy atom. The van der Waals surface area contributed by atoms with E-state index in [4.69, 9.17) is 4.42 Å². The smallest absolute Gasteiger partial charge is 0.251 e. The summed E-state index contributed by atoms with van der Waals surface area (Å²) in [6.45, 7) is 0.366. The number of amides is 1. The van der Waals surface area contributed by atoms with Crippen molar-refractivity contribution >= 4 is 5.91 Å². The summed E-state index contributed by atoms with van der Waals surface area (Å²) in [6.07, 6.45) is 2.09. The maximum atomic E-state index is 12.9. The molecule has 1 N–H and O–H groups in total. The van der Waals surface area contributed by atoms with Gasteiger partial charge in [-0.25, -0.2) is 8.78 Å². The number of hydrogen-bond acceptors (Lipinski definition) is 2. The molecular formula is C13H11F2NO2. The Balaban J connectivity index is 1.89. The highest BCUT2D eigenvalue weighted by Gasteiger charge is 2.09. The van der Waals surface area contributed by atoms with Crippen molar-refractivity contribution in [3.05, 3.63) is 59.6 Å². The number of carbonyl (C=O) groups excluding carboxylic acids is 1. The van der Waals surface area contributed by atoms with Crippen LogP contribution in [-0.4, -0.2) is 12.5 Å². The lowest BCUT2D eigenvalue weighted by Gasteiger charge is -2.04. The van der Waals surface area contributed by atoms with E-state index in [-0.39, 0.29) is 5.56 Å². The molecule has 1 aromatic heterocycles. The first-order chi connectivity index (χ1) is 8.66. The summed E-state index contributed by atoms with van der Waals surface area (Å²) in [5, 5.41) is 2.60. The van der Waals surface area contributed by atoms with E-state index in [1.54, 1.807) is 18.4 Å². The molecule has 2 rings (SSSR count). The lowest BCUT2D eigenvalue weighted by Crippen LogP contribution is -2.25. The Bertz CT molecular complexity index is 538. The maximum absolute atomic E-state index is 12.9. The van der Waals surface area contributed by atoms with E-state index in [0.717, 1.165) is 17.9 Å². The minimum atomic E-state index is -1.03. The van der Waals surface area contributed by atoms with E-state index in [1.165, 1.54) is 6.07 Å². The second-order valence-corrected chi connectivity index (χ2v) is 3.71. The zero-order valence-electron chi connectivity index (χ0n) is 9.45. The van der Waals surface area contributed by atoms with Gasteiger partial charge in [-0.1, -0.05) is 0 Å². The number of furan rings is 1. The van der Waals surface area contributed by atoms with Crippen molar-refractivity contribution in [3.8, 4) is 0 Å². The minimum Gasteiger partial charge on any atom is -0.469 e. The van der Waals surface area contributed by atoms with Gasteiger partial charge in [-0.05, 0) is 30.3 Å². The first kappa shape index (κ1) is 12.3. The molecule has 0 aliphatic rings. The molecule has 3 nitrogen and oxygen atoms in total. The van der Waals surface area contributed by atoms with E-state index >= 15 is 0 Å². The third kappa shape index (κ3) is 2.94. The third-order valence-corrected chi connectivity index (χ3v) is 2.42. The van der Waals surface area contributed by atoms with E-state index in [1.807, 2.05) is 0 Å². The van der Waals surface area contributed by atoms with Crippen LogP contribution in [0, 0.1) is 11.6 Å². The van der Waals surface area contributed by atoms with Crippen LogP contribution in [0.4, 0.5) is 8.78 Å². The van der Waals surface area contributed by atoms with Gasteiger partial charge >= 0.3 is 0 Å². The molecule has 0 saturated heterocycles. The van der Waals surface area contributed by atoms with Gasteiger partial charge in [0.05, 0.1) is 6.26 Å². The SMILES string of the molecule is O=C(NCCc1ccco1)c1ccc(F)c(F)c1. The highest BCUT2D eigenvalue weighted by molar-refractivity contribution is 5.94. The summed E-state index contributed by atoms with van der Waals surface area (Å²) in [4.78, 5) is 11.6. The van der Waals surface area contributed by atoms with E-state index in [9.17, 15) is 13.6 Å². The normalized spacial score (nSPS) is 10.3. The molecule has 0 aliphatic heterocycles. The standard InChI is InChI=1S/C13H11F2NO2/c14-11-4-3-9(8-12(11)15)13(17)16-6-5-10-2-1-7-18-10/h1-4,7-8H,5-6H2,(H,16,17). The number of rotatable bonds is 4. The number of hydrogen-bond donors (Lipinski definition) is 1. The van der Waals surface area contributed by atoms with Crippen LogP contribution in [-0.2, 0) is 6.42 Å². The van der Waals surface area contributed by atoms with Gasteiger partial charge < -0.3 is 9.73 Å². The molecule has 18 heavy (non-hydrogen) atoms. The molecule has 0 fully saturated rings. The van der Waals surface area contributed by atoms with Crippen molar-refractivity contribution in [2.45, 2.75) is 6.42 Å². The molecule has 0 radical (unpaired) electrons. The zero-order valence-corrected chi connectivity index (χ0v) is 9.45. The summed E-state index contributed by atoms with van der Waals surface area (Å²) in [5.74, 6) is -1.70. The molecule has 94 valence electrons. The van der Waals surface area contributed by atoms with Crippen molar-refractivity contribution in [1.29, 1.82) is 0 Å². The zero-order chi connectivity index (χ0) is 13.0. The molecule has 0 aliphatic carbocycles. The highest BCUT2D eigenvalue weighted by Crippen LogP contribution is 2.08. The first-order valence-electron chi connectivity index (χ1n) is 5.42. The fourth-order valence-electron chi connectivity index (χ4n) is 1.49. The molecular weight excluding hydrogens is 240 g/mol. The molecule has 0 atom stereocenters. The second kappa shape index (κ2) is 5.44. The van der Waals surface area contributed by atoms with E-state index in [0.29, 0.717) is 13.0 Å². The van der Waals surface area contributed by atoms with Gasteiger partial charge in [0.1, 0.15) is 5.76 Å². The first-order valence-corrected chi connectivity index (χ1v) is 5.42. The van der Waals surface area contributed by atoms with Crippen molar-refractivity contribution < 1.29 is 18.0 Å². The van der Waals surface area contributed by atoms with E-state index < -0.39 is 17.5 Å². The Morgan fingerprint density at radius 3 is 2.72 bits per heavy atom. The molecule has 0 saturated carbocycles. The Kier molecular flexibility index (Phi) is 3.72. The van der Waals surface area contributed by atoms with Crippen LogP contribution in [0.5, 0.6) is 0 Å². The summed E-state index contributed by atoms with van der Waals surface area (Å²) in [5.41, 5.74) is 0.0911. The summed E-state index contributed by atoms with van der Waals surface area (Å²) >= 11 is 0. The van der Waals surface area contributed by atoms with Crippen molar-refractivity contribution in [2.24, 2.45) is 0 Å². The molecule has 1 amide bonds. The number of carbonyl (C=O) groups is 1. The van der Waals surface area contributed by atoms with Crippen LogP contribution in [0.25, 0.3) is 0 Å². The van der Waals surface area contributed by atoms with Crippen molar-refractivity contribution in [2.75, 3.05) is 6.54 Å². The number of nitrogens with one attached hydrogen (secondary N) is 1. The predicted molar refractivity (Wildman–Crippen MR) is 61.1 cm³/mol. The average molecular weight is 251 g/mol. The Morgan fingerprint density at radius 2 is 2.06 bits per heavy atom. The minimum absolute atomic E-state index is 0.0911. The van der Waals surface area contributed by atoms with Crippen LogP contribution >= 0.6 is 0 Å². The second-order valence-electron chi connectivity index (χ2n) is 3.71. The molecule has 0 unspecified atom stereocenters. The van der Waals surface area contributed by atoms with Crippen molar-refractivity contribution in [3.63, 3.8) is 0 Å². The van der Waals surface area contributed by atoms with Gasteiger partial charge in [-0.15, -0.1) is 0 Å². The predicted octanol–water partition coefficient (Wildman–Crippen LogP) is 2.53. The van der Waals surface area contributed by atoms with Crippen molar-refractivity contribution in [1.82, 2.24) is 5.32 Å². The van der Waals surface area contributed by atoms with Crippen LogP contribution in [0.2, 0.25) is 0 Å². The number of halogens is 2.